The van der Waals surface area contributed by atoms with Crippen molar-refractivity contribution in [2.24, 2.45) is 4.99 Å². The maximum atomic E-state index is 12.3. The number of hydrogen-bond donors (Lipinski definition) is 2. The SMILES string of the molecule is COc1cc(/C=C2/SC(=Nc3cccc(Cl)c3)NC2=O)ccc1OCCC(=O)O. The van der Waals surface area contributed by atoms with Gasteiger partial charge in [-0.25, -0.2) is 4.99 Å². The monoisotopic (exact) mass is 432 g/mol. The average Bonchev–Trinajstić information content (AvgIpc) is 3.01. The van der Waals surface area contributed by atoms with Crippen molar-refractivity contribution < 1.29 is 24.2 Å². The summed E-state index contributed by atoms with van der Waals surface area (Å²) in [6.45, 7) is 0.0354. The van der Waals surface area contributed by atoms with E-state index in [-0.39, 0.29) is 18.9 Å². The van der Waals surface area contributed by atoms with Crippen LogP contribution in [0.5, 0.6) is 11.5 Å². The van der Waals surface area contributed by atoms with Gasteiger partial charge in [0.15, 0.2) is 16.7 Å². The van der Waals surface area contributed by atoms with Crippen molar-refractivity contribution in [2.45, 2.75) is 6.42 Å². The summed E-state index contributed by atoms with van der Waals surface area (Å²) in [4.78, 5) is 27.7. The molecule has 1 aliphatic rings. The van der Waals surface area contributed by atoms with Crippen LogP contribution in [0.3, 0.4) is 0 Å². The number of amides is 1. The Morgan fingerprint density at radius 2 is 2.10 bits per heavy atom. The Bertz CT molecular complexity index is 1010. The van der Waals surface area contributed by atoms with E-state index in [1.807, 2.05) is 0 Å². The number of methoxy groups -OCH3 is 1. The van der Waals surface area contributed by atoms with Crippen molar-refractivity contribution in [1.29, 1.82) is 0 Å². The molecule has 1 heterocycles. The maximum absolute atomic E-state index is 12.3. The number of hydrogen-bond acceptors (Lipinski definition) is 6. The number of aliphatic carboxylic acids is 1. The molecule has 2 aromatic rings. The Labute approximate surface area is 176 Å². The third kappa shape index (κ3) is 5.75. The molecule has 0 unspecified atom stereocenters. The van der Waals surface area contributed by atoms with Gasteiger partial charge in [-0.05, 0) is 53.7 Å². The number of halogens is 1. The normalized spacial score (nSPS) is 16.1. The molecule has 1 fully saturated rings. The van der Waals surface area contributed by atoms with E-state index in [4.69, 9.17) is 26.2 Å². The smallest absolute Gasteiger partial charge is 0.306 e. The van der Waals surface area contributed by atoms with E-state index in [2.05, 4.69) is 10.3 Å². The lowest BCUT2D eigenvalue weighted by atomic mass is 10.2. The Kier molecular flexibility index (Phi) is 6.79. The van der Waals surface area contributed by atoms with Gasteiger partial charge < -0.3 is 19.9 Å². The minimum absolute atomic E-state index is 0.0354. The number of rotatable bonds is 7. The highest BCUT2D eigenvalue weighted by atomic mass is 35.5. The molecule has 29 heavy (non-hydrogen) atoms. The van der Waals surface area contributed by atoms with Crippen LogP contribution in [0.25, 0.3) is 6.08 Å². The summed E-state index contributed by atoms with van der Waals surface area (Å²) in [5.41, 5.74) is 1.38. The van der Waals surface area contributed by atoms with Gasteiger partial charge in [-0.2, -0.15) is 0 Å². The Hall–Kier alpha value is -2.97. The van der Waals surface area contributed by atoms with E-state index < -0.39 is 5.97 Å². The third-order valence-corrected chi connectivity index (χ3v) is 4.89. The first-order chi connectivity index (χ1) is 13.9. The predicted octanol–water partition coefficient (Wildman–Crippen LogP) is 4.09. The molecule has 7 nitrogen and oxygen atoms in total. The molecule has 150 valence electrons. The quantitative estimate of drug-likeness (QED) is 0.639. The number of benzene rings is 2. The molecule has 1 amide bonds. The van der Waals surface area contributed by atoms with Crippen LogP contribution in [0.4, 0.5) is 5.69 Å². The van der Waals surface area contributed by atoms with E-state index in [1.165, 1.54) is 18.9 Å². The van der Waals surface area contributed by atoms with Crippen LogP contribution >= 0.6 is 23.4 Å². The van der Waals surface area contributed by atoms with E-state index in [9.17, 15) is 9.59 Å². The van der Waals surface area contributed by atoms with E-state index in [0.717, 1.165) is 5.56 Å². The van der Waals surface area contributed by atoms with E-state index in [1.54, 1.807) is 48.5 Å². The van der Waals surface area contributed by atoms with Gasteiger partial charge in [0.2, 0.25) is 0 Å². The first-order valence-corrected chi connectivity index (χ1v) is 9.72. The Morgan fingerprint density at radius 1 is 1.28 bits per heavy atom. The molecule has 2 aromatic carbocycles. The number of thioether (sulfide) groups is 1. The topological polar surface area (TPSA) is 97.2 Å². The molecule has 0 aliphatic carbocycles. The van der Waals surface area contributed by atoms with Gasteiger partial charge in [0.05, 0.1) is 30.7 Å². The lowest BCUT2D eigenvalue weighted by Gasteiger charge is -2.10. The van der Waals surface area contributed by atoms with Gasteiger partial charge >= 0.3 is 5.97 Å². The highest BCUT2D eigenvalue weighted by Gasteiger charge is 2.24. The second kappa shape index (κ2) is 9.49. The van der Waals surface area contributed by atoms with Gasteiger partial charge in [-0.1, -0.05) is 23.7 Å². The lowest BCUT2D eigenvalue weighted by Crippen LogP contribution is -2.19. The number of carbonyl (C=O) groups excluding carboxylic acids is 1. The third-order valence-electron chi connectivity index (χ3n) is 3.75. The zero-order valence-corrected chi connectivity index (χ0v) is 16.9. The summed E-state index contributed by atoms with van der Waals surface area (Å²) < 4.78 is 10.7. The molecular weight excluding hydrogens is 416 g/mol. The Morgan fingerprint density at radius 3 is 2.83 bits per heavy atom. The number of amidine groups is 1. The minimum atomic E-state index is -0.940. The number of ether oxygens (including phenoxy) is 2. The predicted molar refractivity (Wildman–Crippen MR) is 113 cm³/mol. The number of nitrogens with one attached hydrogen (secondary N) is 1. The second-order valence-electron chi connectivity index (χ2n) is 5.86. The zero-order chi connectivity index (χ0) is 20.8. The summed E-state index contributed by atoms with van der Waals surface area (Å²) in [6.07, 6.45) is 1.60. The number of carboxylic acids is 1. The first kappa shape index (κ1) is 20.8. The summed E-state index contributed by atoms with van der Waals surface area (Å²) >= 11 is 7.18. The lowest BCUT2D eigenvalue weighted by molar-refractivity contribution is -0.137. The van der Waals surface area contributed by atoms with Crippen LogP contribution in [-0.2, 0) is 9.59 Å². The molecule has 2 N–H and O–H groups in total. The summed E-state index contributed by atoms with van der Waals surface area (Å²) in [7, 11) is 1.49. The fourth-order valence-electron chi connectivity index (χ4n) is 2.44. The second-order valence-corrected chi connectivity index (χ2v) is 7.33. The fraction of sp³-hybridized carbons (Fsp3) is 0.150. The van der Waals surface area contributed by atoms with Gasteiger partial charge in [-0.15, -0.1) is 0 Å². The van der Waals surface area contributed by atoms with Crippen molar-refractivity contribution in [3.8, 4) is 11.5 Å². The zero-order valence-electron chi connectivity index (χ0n) is 15.3. The van der Waals surface area contributed by atoms with E-state index in [0.29, 0.717) is 32.3 Å². The van der Waals surface area contributed by atoms with Crippen LogP contribution < -0.4 is 14.8 Å². The molecule has 1 aliphatic heterocycles. The number of nitrogens with zero attached hydrogens (tertiary/aromatic N) is 1. The molecule has 9 heteroatoms. The fourth-order valence-corrected chi connectivity index (χ4v) is 3.46. The van der Waals surface area contributed by atoms with Crippen LogP contribution in [0.15, 0.2) is 52.4 Å². The van der Waals surface area contributed by atoms with Gasteiger partial charge in [0.25, 0.3) is 5.91 Å². The molecule has 0 radical (unpaired) electrons. The molecule has 0 aromatic heterocycles. The summed E-state index contributed by atoms with van der Waals surface area (Å²) in [6, 6.07) is 12.2. The average molecular weight is 433 g/mol. The van der Waals surface area contributed by atoms with Crippen LogP contribution in [0.2, 0.25) is 5.02 Å². The van der Waals surface area contributed by atoms with Crippen molar-refractivity contribution in [3.05, 3.63) is 58.0 Å². The largest absolute Gasteiger partial charge is 0.493 e. The van der Waals surface area contributed by atoms with Gasteiger partial charge in [0, 0.05) is 5.02 Å². The minimum Gasteiger partial charge on any atom is -0.493 e. The first-order valence-electron chi connectivity index (χ1n) is 8.52. The van der Waals surface area contributed by atoms with Crippen LogP contribution in [0, 0.1) is 0 Å². The highest BCUT2D eigenvalue weighted by molar-refractivity contribution is 8.18. The molecule has 0 bridgehead atoms. The maximum Gasteiger partial charge on any atom is 0.306 e. The summed E-state index contributed by atoms with van der Waals surface area (Å²) in [5, 5.41) is 12.4. The van der Waals surface area contributed by atoms with Crippen molar-refractivity contribution in [3.63, 3.8) is 0 Å². The Balaban J connectivity index is 1.75. The van der Waals surface area contributed by atoms with Crippen molar-refractivity contribution in [1.82, 2.24) is 5.32 Å². The van der Waals surface area contributed by atoms with Crippen molar-refractivity contribution in [2.75, 3.05) is 13.7 Å². The molecule has 1 saturated heterocycles. The van der Waals surface area contributed by atoms with Crippen LogP contribution in [-0.4, -0.2) is 35.9 Å². The molecule has 0 spiro atoms. The standard InChI is InChI=1S/C20H17ClN2O5S/c1-27-16-9-12(5-6-15(16)28-8-7-18(24)25)10-17-19(26)23-20(29-17)22-14-4-2-3-13(21)11-14/h2-6,9-11H,7-8H2,1H3,(H,24,25)(H,22,23,26)/b17-10+. The molecule has 0 saturated carbocycles. The van der Waals surface area contributed by atoms with Gasteiger partial charge in [-0.3, -0.25) is 9.59 Å². The number of carbonyl (C=O) groups is 2. The van der Waals surface area contributed by atoms with E-state index >= 15 is 0 Å². The highest BCUT2D eigenvalue weighted by Crippen LogP contribution is 2.32. The summed E-state index contributed by atoms with van der Waals surface area (Å²) in [5.74, 6) is -0.315. The van der Waals surface area contributed by atoms with Crippen molar-refractivity contribution >= 4 is 52.2 Å². The van der Waals surface area contributed by atoms with Crippen LogP contribution in [0.1, 0.15) is 12.0 Å². The molecular formula is C20H17ClN2O5S. The van der Waals surface area contributed by atoms with Gasteiger partial charge in [0.1, 0.15) is 0 Å². The number of carboxylic acid groups (broad SMARTS) is 1. The number of aliphatic imine (C=N–C) groups is 1. The molecule has 0 atom stereocenters. The molecule has 3 rings (SSSR count).